The van der Waals surface area contributed by atoms with Crippen LogP contribution in [-0.2, 0) is 0 Å². The zero-order valence-corrected chi connectivity index (χ0v) is 12.9. The molecule has 1 atom stereocenters. The molecular weight excluding hydrogens is 256 g/mol. The lowest BCUT2D eigenvalue weighted by atomic mass is 10.2. The third-order valence-electron chi connectivity index (χ3n) is 3.73. The van der Waals surface area contributed by atoms with Gasteiger partial charge in [0.05, 0.1) is 6.04 Å². The number of nitrogens with two attached hydrogens (primary N) is 1. The Balaban J connectivity index is 2.45. The molecule has 0 saturated carbocycles. The average Bonchev–Trinajstić information content (AvgIpc) is 2.92. The van der Waals surface area contributed by atoms with E-state index in [2.05, 4.69) is 28.8 Å². The summed E-state index contributed by atoms with van der Waals surface area (Å²) in [6, 6.07) is 1.70. The molecule has 0 aliphatic heterocycles. The molecular formula is C14H26N4O2. The first-order chi connectivity index (χ1) is 9.49. The highest BCUT2D eigenvalue weighted by Gasteiger charge is 2.18. The minimum Gasteiger partial charge on any atom is -0.364 e. The molecule has 20 heavy (non-hydrogen) atoms. The van der Waals surface area contributed by atoms with Gasteiger partial charge in [-0.3, -0.25) is 9.69 Å². The van der Waals surface area contributed by atoms with Gasteiger partial charge < -0.3 is 15.2 Å². The summed E-state index contributed by atoms with van der Waals surface area (Å²) in [5.74, 6) is 0.112. The quantitative estimate of drug-likeness (QED) is 0.743. The summed E-state index contributed by atoms with van der Waals surface area (Å²) in [6.07, 6.45) is 1.10. The SMILES string of the molecule is CCN(CC)CCCN(C)C(C)c1cc(C(N)=O)no1. The molecule has 2 N–H and O–H groups in total. The molecule has 0 aliphatic carbocycles. The third kappa shape index (κ3) is 4.61. The first kappa shape index (κ1) is 16.7. The summed E-state index contributed by atoms with van der Waals surface area (Å²) >= 11 is 0. The minimum atomic E-state index is -0.559. The Kier molecular flexibility index (Phi) is 6.67. The smallest absolute Gasteiger partial charge is 0.270 e. The third-order valence-corrected chi connectivity index (χ3v) is 3.73. The molecule has 1 aromatic rings. The van der Waals surface area contributed by atoms with Crippen molar-refractivity contribution in [1.29, 1.82) is 0 Å². The number of aromatic nitrogens is 1. The standard InChI is InChI=1S/C14H26N4O2/c1-5-18(6-2)9-7-8-17(4)11(3)13-10-12(14(15)19)16-20-13/h10-11H,5-9H2,1-4H3,(H2,15,19). The summed E-state index contributed by atoms with van der Waals surface area (Å²) in [5, 5.41) is 3.67. The molecule has 1 unspecified atom stereocenters. The Morgan fingerprint density at radius 2 is 2.05 bits per heavy atom. The van der Waals surface area contributed by atoms with Crippen molar-refractivity contribution in [3.05, 3.63) is 17.5 Å². The monoisotopic (exact) mass is 282 g/mol. The summed E-state index contributed by atoms with van der Waals surface area (Å²) in [6.45, 7) is 10.6. The van der Waals surface area contributed by atoms with Crippen molar-refractivity contribution < 1.29 is 9.32 Å². The number of amides is 1. The van der Waals surface area contributed by atoms with E-state index < -0.39 is 5.91 Å². The fourth-order valence-electron chi connectivity index (χ4n) is 2.10. The van der Waals surface area contributed by atoms with Crippen molar-refractivity contribution in [3.8, 4) is 0 Å². The number of hydrogen-bond donors (Lipinski definition) is 1. The van der Waals surface area contributed by atoms with Gasteiger partial charge in [0.25, 0.3) is 5.91 Å². The minimum absolute atomic E-state index is 0.0762. The van der Waals surface area contributed by atoms with E-state index in [0.29, 0.717) is 5.76 Å². The van der Waals surface area contributed by atoms with Crippen LogP contribution in [0.2, 0.25) is 0 Å². The van der Waals surface area contributed by atoms with Gasteiger partial charge in [-0.15, -0.1) is 0 Å². The molecule has 0 fully saturated rings. The average molecular weight is 282 g/mol. The van der Waals surface area contributed by atoms with E-state index in [0.717, 1.165) is 32.6 Å². The van der Waals surface area contributed by atoms with Crippen molar-refractivity contribution in [2.24, 2.45) is 5.73 Å². The van der Waals surface area contributed by atoms with Gasteiger partial charge in [-0.2, -0.15) is 0 Å². The van der Waals surface area contributed by atoms with Crippen molar-refractivity contribution in [2.75, 3.05) is 33.2 Å². The molecule has 0 aromatic carbocycles. The fourth-order valence-corrected chi connectivity index (χ4v) is 2.10. The van der Waals surface area contributed by atoms with Gasteiger partial charge in [0.2, 0.25) is 0 Å². The second kappa shape index (κ2) is 8.01. The highest BCUT2D eigenvalue weighted by molar-refractivity contribution is 5.90. The molecule has 1 amide bonds. The van der Waals surface area contributed by atoms with Gasteiger partial charge in [-0.05, 0) is 46.6 Å². The molecule has 1 heterocycles. The van der Waals surface area contributed by atoms with Crippen LogP contribution < -0.4 is 5.73 Å². The van der Waals surface area contributed by atoms with Gasteiger partial charge in [0.1, 0.15) is 0 Å². The number of carbonyl (C=O) groups excluding carboxylic acids is 1. The summed E-state index contributed by atoms with van der Waals surface area (Å²) < 4.78 is 5.18. The van der Waals surface area contributed by atoms with Gasteiger partial charge in [0.15, 0.2) is 11.5 Å². The van der Waals surface area contributed by atoms with Crippen molar-refractivity contribution in [1.82, 2.24) is 15.0 Å². The maximum absolute atomic E-state index is 11.0. The second-order valence-electron chi connectivity index (χ2n) is 5.02. The number of nitrogens with zero attached hydrogens (tertiary/aromatic N) is 3. The Morgan fingerprint density at radius 1 is 1.40 bits per heavy atom. The zero-order valence-electron chi connectivity index (χ0n) is 12.9. The number of rotatable bonds is 9. The lowest BCUT2D eigenvalue weighted by Gasteiger charge is -2.24. The number of hydrogen-bond acceptors (Lipinski definition) is 5. The normalized spacial score (nSPS) is 13.1. The molecule has 6 nitrogen and oxygen atoms in total. The van der Waals surface area contributed by atoms with Crippen molar-refractivity contribution in [3.63, 3.8) is 0 Å². The summed E-state index contributed by atoms with van der Waals surface area (Å²) in [7, 11) is 2.04. The largest absolute Gasteiger partial charge is 0.364 e. The first-order valence-corrected chi connectivity index (χ1v) is 7.18. The van der Waals surface area contributed by atoms with Gasteiger partial charge in [0, 0.05) is 6.07 Å². The molecule has 0 aliphatic rings. The Hall–Kier alpha value is -1.40. The predicted octanol–water partition coefficient (Wildman–Crippen LogP) is 1.50. The Labute approximate surface area is 120 Å². The van der Waals surface area contributed by atoms with Crippen LogP contribution in [-0.4, -0.2) is 54.1 Å². The second-order valence-corrected chi connectivity index (χ2v) is 5.02. The van der Waals surface area contributed by atoms with E-state index in [1.54, 1.807) is 6.07 Å². The van der Waals surface area contributed by atoms with Crippen LogP contribution in [0.1, 0.15) is 49.5 Å². The van der Waals surface area contributed by atoms with Gasteiger partial charge >= 0.3 is 0 Å². The summed E-state index contributed by atoms with van der Waals surface area (Å²) in [5.41, 5.74) is 5.35. The van der Waals surface area contributed by atoms with Crippen molar-refractivity contribution >= 4 is 5.91 Å². The maximum Gasteiger partial charge on any atom is 0.270 e. The Bertz CT molecular complexity index is 415. The number of carbonyl (C=O) groups is 1. The van der Waals surface area contributed by atoms with E-state index in [1.165, 1.54) is 0 Å². The lowest BCUT2D eigenvalue weighted by Crippen LogP contribution is -2.29. The van der Waals surface area contributed by atoms with E-state index in [1.807, 2.05) is 14.0 Å². The lowest BCUT2D eigenvalue weighted by molar-refractivity contribution is 0.0991. The highest BCUT2D eigenvalue weighted by Crippen LogP contribution is 2.19. The van der Waals surface area contributed by atoms with Crippen LogP contribution in [0.5, 0.6) is 0 Å². The maximum atomic E-state index is 11.0. The van der Waals surface area contributed by atoms with Gasteiger partial charge in [-0.1, -0.05) is 19.0 Å². The van der Waals surface area contributed by atoms with Crippen LogP contribution in [0.4, 0.5) is 0 Å². The van der Waals surface area contributed by atoms with E-state index in [9.17, 15) is 4.79 Å². The van der Waals surface area contributed by atoms with Gasteiger partial charge in [-0.25, -0.2) is 0 Å². The van der Waals surface area contributed by atoms with Crippen molar-refractivity contribution in [2.45, 2.75) is 33.2 Å². The predicted molar refractivity (Wildman–Crippen MR) is 78.5 cm³/mol. The van der Waals surface area contributed by atoms with Crippen LogP contribution >= 0.6 is 0 Å². The fraction of sp³-hybridized carbons (Fsp3) is 0.714. The van der Waals surface area contributed by atoms with E-state index in [4.69, 9.17) is 10.3 Å². The highest BCUT2D eigenvalue weighted by atomic mass is 16.5. The summed E-state index contributed by atoms with van der Waals surface area (Å²) in [4.78, 5) is 15.6. The molecule has 0 saturated heterocycles. The molecule has 0 radical (unpaired) electrons. The molecule has 0 bridgehead atoms. The van der Waals surface area contributed by atoms with E-state index >= 15 is 0 Å². The molecule has 1 rings (SSSR count). The molecule has 114 valence electrons. The zero-order chi connectivity index (χ0) is 15.1. The van der Waals surface area contributed by atoms with Crippen LogP contribution in [0.15, 0.2) is 10.6 Å². The van der Waals surface area contributed by atoms with Crippen LogP contribution in [0.25, 0.3) is 0 Å². The van der Waals surface area contributed by atoms with E-state index in [-0.39, 0.29) is 11.7 Å². The van der Waals surface area contributed by atoms with Crippen LogP contribution in [0, 0.1) is 0 Å². The topological polar surface area (TPSA) is 75.6 Å². The molecule has 1 aromatic heterocycles. The Morgan fingerprint density at radius 3 is 2.55 bits per heavy atom. The molecule has 6 heteroatoms. The first-order valence-electron chi connectivity index (χ1n) is 7.18. The number of primary amides is 1. The van der Waals surface area contributed by atoms with Crippen LogP contribution in [0.3, 0.4) is 0 Å². The molecule has 0 spiro atoms.